The highest BCUT2D eigenvalue weighted by Gasteiger charge is 2.15. The molecule has 100 valence electrons. The third-order valence-corrected chi connectivity index (χ3v) is 3.22. The van der Waals surface area contributed by atoms with Gasteiger partial charge in [-0.25, -0.2) is 4.68 Å². The van der Waals surface area contributed by atoms with Crippen molar-refractivity contribution in [3.05, 3.63) is 65.9 Å². The summed E-state index contributed by atoms with van der Waals surface area (Å²) in [5.74, 6) is 0. The predicted octanol–water partition coefficient (Wildman–Crippen LogP) is 2.74. The number of nitrogens with zero attached hydrogens (tertiary/aromatic N) is 3. The molecule has 3 aromatic rings. The lowest BCUT2D eigenvalue weighted by Gasteiger charge is -2.08. The number of aliphatic hydroxyl groups is 1. The van der Waals surface area contributed by atoms with Crippen LogP contribution in [-0.4, -0.2) is 20.1 Å². The van der Waals surface area contributed by atoms with E-state index in [1.807, 2.05) is 61.5 Å². The normalized spacial score (nSPS) is 10.7. The molecule has 4 heteroatoms. The Bertz CT molecular complexity index is 702. The van der Waals surface area contributed by atoms with Crippen LogP contribution in [0.5, 0.6) is 0 Å². The van der Waals surface area contributed by atoms with Crippen molar-refractivity contribution in [2.75, 3.05) is 0 Å². The molecule has 0 saturated heterocycles. The monoisotopic (exact) mass is 265 g/mol. The van der Waals surface area contributed by atoms with Gasteiger partial charge in [-0.1, -0.05) is 53.2 Å². The molecule has 3 rings (SSSR count). The van der Waals surface area contributed by atoms with E-state index in [1.54, 1.807) is 4.68 Å². The van der Waals surface area contributed by atoms with Gasteiger partial charge in [0.15, 0.2) is 0 Å². The second-order valence-corrected chi connectivity index (χ2v) is 4.66. The van der Waals surface area contributed by atoms with E-state index in [0.717, 1.165) is 16.9 Å². The Balaban J connectivity index is 2.17. The van der Waals surface area contributed by atoms with Crippen molar-refractivity contribution < 1.29 is 5.11 Å². The third kappa shape index (κ3) is 2.21. The number of benzene rings is 2. The second kappa shape index (κ2) is 5.27. The van der Waals surface area contributed by atoms with Crippen molar-refractivity contribution in [1.82, 2.24) is 15.0 Å². The van der Waals surface area contributed by atoms with E-state index in [2.05, 4.69) is 10.3 Å². The van der Waals surface area contributed by atoms with Crippen LogP contribution < -0.4 is 0 Å². The fourth-order valence-electron chi connectivity index (χ4n) is 2.17. The van der Waals surface area contributed by atoms with Gasteiger partial charge in [-0.2, -0.15) is 0 Å². The summed E-state index contributed by atoms with van der Waals surface area (Å²) in [7, 11) is 0. The van der Waals surface area contributed by atoms with Gasteiger partial charge in [0, 0.05) is 5.56 Å². The maximum atomic E-state index is 9.47. The summed E-state index contributed by atoms with van der Waals surface area (Å²) in [6, 6.07) is 17.9. The predicted molar refractivity (Wildman–Crippen MR) is 77.5 cm³/mol. The van der Waals surface area contributed by atoms with Crippen LogP contribution in [0.4, 0.5) is 0 Å². The number of aryl methyl sites for hydroxylation is 1. The molecule has 0 amide bonds. The molecule has 0 aliphatic heterocycles. The molecule has 0 unspecified atom stereocenters. The molecule has 0 radical (unpaired) electrons. The Morgan fingerprint density at radius 3 is 2.35 bits per heavy atom. The smallest absolute Gasteiger partial charge is 0.117 e. The van der Waals surface area contributed by atoms with Crippen molar-refractivity contribution in [2.45, 2.75) is 13.5 Å². The highest BCUT2D eigenvalue weighted by atomic mass is 16.3. The van der Waals surface area contributed by atoms with Crippen LogP contribution in [0.3, 0.4) is 0 Å². The highest BCUT2D eigenvalue weighted by Crippen LogP contribution is 2.25. The first-order chi connectivity index (χ1) is 9.79. The molecular weight excluding hydrogens is 250 g/mol. The molecule has 0 spiro atoms. The zero-order valence-corrected chi connectivity index (χ0v) is 11.2. The van der Waals surface area contributed by atoms with Crippen molar-refractivity contribution in [1.29, 1.82) is 0 Å². The van der Waals surface area contributed by atoms with E-state index in [1.165, 1.54) is 5.56 Å². The Hall–Kier alpha value is -2.46. The van der Waals surface area contributed by atoms with Gasteiger partial charge in [0.2, 0.25) is 0 Å². The molecule has 0 bridgehead atoms. The van der Waals surface area contributed by atoms with Crippen molar-refractivity contribution in [2.24, 2.45) is 0 Å². The van der Waals surface area contributed by atoms with Crippen LogP contribution >= 0.6 is 0 Å². The first kappa shape index (κ1) is 12.6. The summed E-state index contributed by atoms with van der Waals surface area (Å²) in [6.45, 7) is 1.92. The van der Waals surface area contributed by atoms with Crippen molar-refractivity contribution in [3.8, 4) is 16.9 Å². The first-order valence-electron chi connectivity index (χ1n) is 6.47. The summed E-state index contributed by atoms with van der Waals surface area (Å²) in [5, 5.41) is 17.7. The zero-order chi connectivity index (χ0) is 13.9. The summed E-state index contributed by atoms with van der Waals surface area (Å²) in [6.07, 6.45) is 0. The van der Waals surface area contributed by atoms with E-state index in [0.29, 0.717) is 5.69 Å². The molecule has 2 aromatic carbocycles. The van der Waals surface area contributed by atoms with Gasteiger partial charge in [-0.05, 0) is 19.1 Å². The SMILES string of the molecule is Cc1ccc(-n2nnc(CO)c2-c2ccccc2)cc1. The van der Waals surface area contributed by atoms with Crippen LogP contribution in [0.2, 0.25) is 0 Å². The summed E-state index contributed by atoms with van der Waals surface area (Å²) < 4.78 is 1.76. The molecule has 0 fully saturated rings. The number of hydrogen-bond donors (Lipinski definition) is 1. The lowest BCUT2D eigenvalue weighted by atomic mass is 10.1. The van der Waals surface area contributed by atoms with E-state index in [4.69, 9.17) is 0 Å². The molecule has 0 atom stereocenters. The minimum absolute atomic E-state index is 0.129. The second-order valence-electron chi connectivity index (χ2n) is 4.66. The third-order valence-electron chi connectivity index (χ3n) is 3.22. The zero-order valence-electron chi connectivity index (χ0n) is 11.2. The van der Waals surface area contributed by atoms with Gasteiger partial charge < -0.3 is 5.11 Å². The lowest BCUT2D eigenvalue weighted by Crippen LogP contribution is -2.00. The van der Waals surface area contributed by atoms with Crippen molar-refractivity contribution in [3.63, 3.8) is 0 Å². The fourth-order valence-corrected chi connectivity index (χ4v) is 2.17. The molecular formula is C16H15N3O. The lowest BCUT2D eigenvalue weighted by molar-refractivity contribution is 0.277. The molecule has 4 nitrogen and oxygen atoms in total. The number of aliphatic hydroxyl groups excluding tert-OH is 1. The fraction of sp³-hybridized carbons (Fsp3) is 0.125. The molecule has 0 saturated carbocycles. The summed E-state index contributed by atoms with van der Waals surface area (Å²) in [5.41, 5.74) is 4.52. The molecule has 20 heavy (non-hydrogen) atoms. The number of hydrogen-bond acceptors (Lipinski definition) is 3. The molecule has 1 N–H and O–H groups in total. The summed E-state index contributed by atoms with van der Waals surface area (Å²) >= 11 is 0. The van der Waals surface area contributed by atoms with Gasteiger partial charge >= 0.3 is 0 Å². The maximum Gasteiger partial charge on any atom is 0.117 e. The molecule has 1 heterocycles. The number of rotatable bonds is 3. The maximum absolute atomic E-state index is 9.47. The highest BCUT2D eigenvalue weighted by molar-refractivity contribution is 5.64. The van der Waals surface area contributed by atoms with Gasteiger partial charge in [-0.15, -0.1) is 5.10 Å². The van der Waals surface area contributed by atoms with E-state index in [9.17, 15) is 5.11 Å². The average Bonchev–Trinajstić information content (AvgIpc) is 2.93. The first-order valence-corrected chi connectivity index (χ1v) is 6.47. The number of aromatic nitrogens is 3. The quantitative estimate of drug-likeness (QED) is 0.792. The van der Waals surface area contributed by atoms with Gasteiger partial charge in [0.1, 0.15) is 11.4 Å². The minimum Gasteiger partial charge on any atom is -0.390 e. The Morgan fingerprint density at radius 2 is 1.70 bits per heavy atom. The van der Waals surface area contributed by atoms with Gasteiger partial charge in [-0.3, -0.25) is 0 Å². The largest absolute Gasteiger partial charge is 0.390 e. The Morgan fingerprint density at radius 1 is 1.00 bits per heavy atom. The molecule has 1 aromatic heterocycles. The van der Waals surface area contributed by atoms with Crippen molar-refractivity contribution >= 4 is 0 Å². The standard InChI is InChI=1S/C16H15N3O/c1-12-7-9-14(10-8-12)19-16(15(11-20)17-18-19)13-5-3-2-4-6-13/h2-10,20H,11H2,1H3. The van der Waals surface area contributed by atoms with E-state index < -0.39 is 0 Å². The van der Waals surface area contributed by atoms with E-state index in [-0.39, 0.29) is 6.61 Å². The molecule has 0 aliphatic rings. The van der Waals surface area contributed by atoms with Crippen LogP contribution in [0.25, 0.3) is 16.9 Å². The van der Waals surface area contributed by atoms with E-state index >= 15 is 0 Å². The van der Waals surface area contributed by atoms with Gasteiger partial charge in [0.05, 0.1) is 12.3 Å². The van der Waals surface area contributed by atoms with Gasteiger partial charge in [0.25, 0.3) is 0 Å². The topological polar surface area (TPSA) is 50.9 Å². The Labute approximate surface area is 117 Å². The minimum atomic E-state index is -0.129. The van der Waals surface area contributed by atoms with Crippen LogP contribution in [0.15, 0.2) is 54.6 Å². The van der Waals surface area contributed by atoms with Crippen LogP contribution in [-0.2, 0) is 6.61 Å². The summed E-state index contributed by atoms with van der Waals surface area (Å²) in [4.78, 5) is 0. The van der Waals surface area contributed by atoms with Crippen LogP contribution in [0.1, 0.15) is 11.3 Å². The average molecular weight is 265 g/mol. The molecule has 0 aliphatic carbocycles. The van der Waals surface area contributed by atoms with Crippen LogP contribution in [0, 0.1) is 6.92 Å². The Kier molecular flexibility index (Phi) is 3.31.